The van der Waals surface area contributed by atoms with Crippen molar-refractivity contribution in [3.8, 4) is 0 Å². The Kier molecular flexibility index (Phi) is 2.99. The lowest BCUT2D eigenvalue weighted by molar-refractivity contribution is 0.598. The molecule has 1 aliphatic heterocycles. The highest BCUT2D eigenvalue weighted by molar-refractivity contribution is 8.00. The molecule has 98 valence electrons. The average Bonchev–Trinajstić information content (AvgIpc) is 2.89. The number of nitrogens with zero attached hydrogens (tertiary/aromatic N) is 3. The molecule has 2 aromatic rings. The quantitative estimate of drug-likeness (QED) is 0.823. The minimum atomic E-state index is -3.62. The van der Waals surface area contributed by atoms with Crippen LogP contribution < -0.4 is 5.32 Å². The number of hydrogen-bond acceptors (Lipinski definition) is 6. The number of para-hydroxylation sites is 1. The van der Waals surface area contributed by atoms with Crippen LogP contribution in [0.5, 0.6) is 0 Å². The van der Waals surface area contributed by atoms with Crippen molar-refractivity contribution in [2.24, 2.45) is 4.40 Å². The van der Waals surface area contributed by atoms with Gasteiger partial charge in [0, 0.05) is 0 Å². The number of aromatic nitrogens is 3. The number of benzene rings is 1. The summed E-state index contributed by atoms with van der Waals surface area (Å²) < 4.78 is 27.7. The Morgan fingerprint density at radius 3 is 2.89 bits per heavy atom. The van der Waals surface area contributed by atoms with Crippen molar-refractivity contribution in [3.63, 3.8) is 0 Å². The summed E-state index contributed by atoms with van der Waals surface area (Å²) in [6.07, 6.45) is 1.39. The van der Waals surface area contributed by atoms with Crippen molar-refractivity contribution in [1.82, 2.24) is 15.2 Å². The van der Waals surface area contributed by atoms with E-state index in [9.17, 15) is 8.42 Å². The monoisotopic (exact) mass is 295 g/mol. The number of aromatic amines is 1. The molecule has 2 N–H and O–H groups in total. The summed E-state index contributed by atoms with van der Waals surface area (Å²) in [5.74, 6) is 0.739. The Hall–Kier alpha value is -1.87. The lowest BCUT2D eigenvalue weighted by Gasteiger charge is -2.17. The van der Waals surface area contributed by atoms with Crippen LogP contribution >= 0.6 is 11.8 Å². The van der Waals surface area contributed by atoms with E-state index < -0.39 is 10.0 Å². The third-order valence-corrected chi connectivity index (χ3v) is 4.67. The van der Waals surface area contributed by atoms with Crippen LogP contribution in [0, 0.1) is 0 Å². The Balaban J connectivity index is 1.84. The third-order valence-electron chi connectivity index (χ3n) is 2.41. The largest absolute Gasteiger partial charge is 0.341 e. The first kappa shape index (κ1) is 12.2. The molecule has 0 saturated heterocycles. The number of nitrogens with one attached hydrogen (secondary N) is 2. The van der Waals surface area contributed by atoms with Crippen LogP contribution in [0.25, 0.3) is 0 Å². The molecule has 0 unspecified atom stereocenters. The SMILES string of the molecule is O=S1(=O)N=C(CSc2ncn[nH]2)Nc2ccccc21. The second-order valence-electron chi connectivity index (χ2n) is 3.71. The Labute approximate surface area is 113 Å². The number of hydrogen-bond donors (Lipinski definition) is 2. The van der Waals surface area contributed by atoms with Crippen LogP contribution in [0.15, 0.2) is 45.0 Å². The molecule has 0 amide bonds. The van der Waals surface area contributed by atoms with E-state index in [0.717, 1.165) is 0 Å². The van der Waals surface area contributed by atoms with E-state index in [-0.39, 0.29) is 4.90 Å². The molecule has 0 atom stereocenters. The highest BCUT2D eigenvalue weighted by Crippen LogP contribution is 2.27. The van der Waals surface area contributed by atoms with Gasteiger partial charge in [0.05, 0.1) is 11.4 Å². The molecule has 0 saturated carbocycles. The van der Waals surface area contributed by atoms with Gasteiger partial charge in [0.25, 0.3) is 10.0 Å². The lowest BCUT2D eigenvalue weighted by Crippen LogP contribution is -2.23. The van der Waals surface area contributed by atoms with Crippen LogP contribution in [-0.2, 0) is 10.0 Å². The van der Waals surface area contributed by atoms with E-state index in [1.165, 1.54) is 24.2 Å². The molecular weight excluding hydrogens is 286 g/mol. The predicted molar refractivity (Wildman–Crippen MR) is 71.8 cm³/mol. The molecule has 9 heteroatoms. The van der Waals surface area contributed by atoms with Crippen molar-refractivity contribution < 1.29 is 8.42 Å². The van der Waals surface area contributed by atoms with E-state index in [0.29, 0.717) is 22.4 Å². The number of fused-ring (bicyclic) bond motifs is 1. The Morgan fingerprint density at radius 2 is 2.11 bits per heavy atom. The minimum absolute atomic E-state index is 0.198. The Morgan fingerprint density at radius 1 is 1.26 bits per heavy atom. The van der Waals surface area contributed by atoms with Crippen molar-refractivity contribution in [2.75, 3.05) is 11.1 Å². The van der Waals surface area contributed by atoms with Crippen molar-refractivity contribution >= 4 is 33.3 Å². The van der Waals surface area contributed by atoms with E-state index in [1.54, 1.807) is 18.2 Å². The summed E-state index contributed by atoms with van der Waals surface area (Å²) in [5, 5.41) is 10.0. The molecule has 0 spiro atoms. The van der Waals surface area contributed by atoms with Crippen molar-refractivity contribution in [2.45, 2.75) is 10.1 Å². The van der Waals surface area contributed by atoms with Crippen LogP contribution in [0.4, 0.5) is 5.69 Å². The first-order valence-corrected chi connectivity index (χ1v) is 7.76. The van der Waals surface area contributed by atoms with Gasteiger partial charge in [-0.1, -0.05) is 23.9 Å². The number of amidine groups is 1. The number of H-pyrrole nitrogens is 1. The minimum Gasteiger partial charge on any atom is -0.341 e. The van der Waals surface area contributed by atoms with Gasteiger partial charge in [0.2, 0.25) is 0 Å². The van der Waals surface area contributed by atoms with Gasteiger partial charge in [-0.3, -0.25) is 5.10 Å². The van der Waals surface area contributed by atoms with Crippen molar-refractivity contribution in [1.29, 1.82) is 0 Å². The summed E-state index contributed by atoms with van der Waals surface area (Å²) in [4.78, 5) is 4.14. The molecule has 0 fully saturated rings. The summed E-state index contributed by atoms with van der Waals surface area (Å²) in [5.41, 5.74) is 0.547. The van der Waals surface area contributed by atoms with Gasteiger partial charge in [-0.2, -0.15) is 13.5 Å². The Bertz CT molecular complexity index is 724. The van der Waals surface area contributed by atoms with Gasteiger partial charge >= 0.3 is 0 Å². The lowest BCUT2D eigenvalue weighted by atomic mass is 10.3. The average molecular weight is 295 g/mol. The molecule has 2 heterocycles. The van der Waals surface area contributed by atoms with Crippen LogP contribution in [0.2, 0.25) is 0 Å². The van der Waals surface area contributed by atoms with E-state index in [2.05, 4.69) is 24.9 Å². The fourth-order valence-corrected chi connectivity index (χ4v) is 3.51. The molecule has 1 aromatic heterocycles. The first-order valence-electron chi connectivity index (χ1n) is 5.33. The number of rotatable bonds is 3. The number of sulfonamides is 1. The third kappa shape index (κ3) is 2.47. The summed E-state index contributed by atoms with van der Waals surface area (Å²) in [7, 11) is -3.62. The van der Waals surface area contributed by atoms with Gasteiger partial charge in [-0.25, -0.2) is 4.98 Å². The van der Waals surface area contributed by atoms with Gasteiger partial charge in [-0.15, -0.1) is 4.40 Å². The molecule has 0 radical (unpaired) electrons. The molecule has 19 heavy (non-hydrogen) atoms. The van der Waals surface area contributed by atoms with E-state index >= 15 is 0 Å². The van der Waals surface area contributed by atoms with Crippen LogP contribution in [-0.4, -0.2) is 35.2 Å². The maximum Gasteiger partial charge on any atom is 0.286 e. The summed E-state index contributed by atoms with van der Waals surface area (Å²) in [6.45, 7) is 0. The molecule has 1 aliphatic rings. The van der Waals surface area contributed by atoms with E-state index in [4.69, 9.17) is 0 Å². The maximum absolute atomic E-state index is 12.0. The second-order valence-corrected chi connectivity index (χ2v) is 6.25. The molecule has 0 bridgehead atoms. The highest BCUT2D eigenvalue weighted by Gasteiger charge is 2.24. The first-order chi connectivity index (χ1) is 9.15. The van der Waals surface area contributed by atoms with Gasteiger partial charge in [0.1, 0.15) is 17.1 Å². The molecular formula is C10H9N5O2S2. The number of anilines is 1. The smallest absolute Gasteiger partial charge is 0.286 e. The molecule has 1 aromatic carbocycles. The molecule has 3 rings (SSSR count). The zero-order valence-electron chi connectivity index (χ0n) is 9.57. The van der Waals surface area contributed by atoms with Crippen LogP contribution in [0.1, 0.15) is 0 Å². The second kappa shape index (κ2) is 4.67. The fraction of sp³-hybridized carbons (Fsp3) is 0.100. The highest BCUT2D eigenvalue weighted by atomic mass is 32.2. The van der Waals surface area contributed by atoms with Gasteiger partial charge < -0.3 is 5.32 Å². The van der Waals surface area contributed by atoms with Crippen molar-refractivity contribution in [3.05, 3.63) is 30.6 Å². The standard InChI is InChI=1S/C10H9N5O2S2/c16-19(17)8-4-2-1-3-7(8)13-9(15-19)5-18-10-11-6-12-14-10/h1-4,6H,5H2,(H,13,15)(H,11,12,14). The summed E-state index contributed by atoms with van der Waals surface area (Å²) in [6, 6.07) is 6.68. The fourth-order valence-electron chi connectivity index (χ4n) is 1.63. The van der Waals surface area contributed by atoms with Gasteiger partial charge in [-0.05, 0) is 12.1 Å². The maximum atomic E-state index is 12.0. The van der Waals surface area contributed by atoms with Crippen LogP contribution in [0.3, 0.4) is 0 Å². The molecule has 0 aliphatic carbocycles. The topological polar surface area (TPSA) is 100 Å². The normalized spacial score (nSPS) is 16.3. The molecule has 7 nitrogen and oxygen atoms in total. The van der Waals surface area contributed by atoms with Gasteiger partial charge in [0.15, 0.2) is 5.16 Å². The number of thioether (sulfide) groups is 1. The zero-order chi connectivity index (χ0) is 13.3. The predicted octanol–water partition coefficient (Wildman–Crippen LogP) is 1.11. The summed E-state index contributed by atoms with van der Waals surface area (Å²) >= 11 is 1.32. The zero-order valence-corrected chi connectivity index (χ0v) is 11.2. The van der Waals surface area contributed by atoms with E-state index in [1.807, 2.05) is 0 Å².